The molecule has 0 saturated heterocycles. The van der Waals surface area contributed by atoms with Crippen LogP contribution in [-0.4, -0.2) is 0 Å². The largest absolute Gasteiger partial charge is 0.207 e. The molecule has 3 rings (SSSR count). The molecule has 2 aliphatic rings. The molecular weight excluding hydrogens is 400 g/mol. The van der Waals surface area contributed by atoms with Crippen LogP contribution in [0.3, 0.4) is 0 Å². The van der Waals surface area contributed by atoms with Crippen LogP contribution in [-0.2, 0) is 0 Å². The van der Waals surface area contributed by atoms with Crippen molar-refractivity contribution in [1.29, 1.82) is 5.26 Å². The van der Waals surface area contributed by atoms with Crippen LogP contribution in [0.2, 0.25) is 0 Å². The van der Waals surface area contributed by atoms with Gasteiger partial charge in [0.15, 0.2) is 5.83 Å². The second-order valence-corrected chi connectivity index (χ2v) is 10.1. The summed E-state index contributed by atoms with van der Waals surface area (Å²) in [6, 6.07) is 8.64. The van der Waals surface area contributed by atoms with Gasteiger partial charge in [-0.1, -0.05) is 75.7 Å². The highest BCUT2D eigenvalue weighted by atomic mass is 19.1. The van der Waals surface area contributed by atoms with E-state index >= 15 is 0 Å². The normalized spacial score (nSPS) is 26.8. The van der Waals surface area contributed by atoms with Gasteiger partial charge in [-0.15, -0.1) is 0 Å². The first-order chi connectivity index (χ1) is 15.6. The third-order valence-electron chi connectivity index (χ3n) is 7.86. The lowest BCUT2D eigenvalue weighted by Crippen LogP contribution is -2.15. The first-order valence-electron chi connectivity index (χ1n) is 12.8. The van der Waals surface area contributed by atoms with Crippen LogP contribution in [0, 0.1) is 34.9 Å². The molecule has 0 unspecified atom stereocenters. The molecule has 0 radical (unpaired) electrons. The van der Waals surface area contributed by atoms with Gasteiger partial charge >= 0.3 is 0 Å². The number of hydrogen-bond donors (Lipinski definition) is 0. The van der Waals surface area contributed by atoms with Gasteiger partial charge in [0, 0.05) is 0 Å². The molecule has 32 heavy (non-hydrogen) atoms. The highest BCUT2D eigenvalue weighted by Gasteiger charge is 2.23. The zero-order chi connectivity index (χ0) is 22.6. The Balaban J connectivity index is 1.21. The zero-order valence-corrected chi connectivity index (χ0v) is 19.5. The Morgan fingerprint density at radius 2 is 1.38 bits per heavy atom. The molecule has 0 heterocycles. The molecule has 1 aromatic carbocycles. The lowest BCUT2D eigenvalue weighted by molar-refractivity contribution is 0.244. The van der Waals surface area contributed by atoms with E-state index in [0.717, 1.165) is 24.2 Å². The lowest BCUT2D eigenvalue weighted by Gasteiger charge is -2.30. The van der Waals surface area contributed by atoms with Crippen molar-refractivity contribution in [2.24, 2.45) is 17.8 Å². The summed E-state index contributed by atoms with van der Waals surface area (Å²) in [5.41, 5.74) is 1.32. The number of halogens is 2. The van der Waals surface area contributed by atoms with E-state index in [0.29, 0.717) is 5.92 Å². The van der Waals surface area contributed by atoms with Crippen LogP contribution in [0.15, 0.2) is 48.3 Å². The Hall–Kier alpha value is -1.95. The molecule has 0 N–H and O–H groups in total. The van der Waals surface area contributed by atoms with Gasteiger partial charge in [0.1, 0.15) is 11.9 Å². The topological polar surface area (TPSA) is 23.8 Å². The Morgan fingerprint density at radius 3 is 1.94 bits per heavy atom. The molecule has 2 saturated carbocycles. The maximum absolute atomic E-state index is 13.1. The molecule has 3 heteroatoms. The van der Waals surface area contributed by atoms with E-state index in [9.17, 15) is 8.78 Å². The van der Waals surface area contributed by atoms with Gasteiger partial charge in [-0.05, 0) is 86.0 Å². The van der Waals surface area contributed by atoms with Crippen molar-refractivity contribution in [2.75, 3.05) is 0 Å². The van der Waals surface area contributed by atoms with Crippen LogP contribution in [0.4, 0.5) is 8.78 Å². The molecule has 1 aromatic rings. The highest BCUT2D eigenvalue weighted by Crippen LogP contribution is 2.38. The molecule has 0 spiro atoms. The molecular formula is C29H39F2N. The predicted octanol–water partition coefficient (Wildman–Crippen LogP) is 9.18. The number of unbranched alkanes of at least 4 members (excludes halogenated alkanes) is 1. The summed E-state index contributed by atoms with van der Waals surface area (Å²) in [5, 5.41) is 8.38. The Bertz CT molecular complexity index is 757. The van der Waals surface area contributed by atoms with Gasteiger partial charge in [-0.3, -0.25) is 0 Å². The fraction of sp³-hybridized carbons (Fsp3) is 0.621. The summed E-state index contributed by atoms with van der Waals surface area (Å²) in [5.74, 6) is 2.41. The van der Waals surface area contributed by atoms with Crippen molar-refractivity contribution in [1.82, 2.24) is 0 Å². The summed E-state index contributed by atoms with van der Waals surface area (Å²) in [6.07, 6.45) is 23.2. The molecule has 0 aliphatic heterocycles. The molecule has 0 atom stereocenters. The molecule has 0 aromatic heterocycles. The second-order valence-electron chi connectivity index (χ2n) is 10.1. The van der Waals surface area contributed by atoms with Crippen LogP contribution in [0.5, 0.6) is 0 Å². The van der Waals surface area contributed by atoms with E-state index in [4.69, 9.17) is 5.26 Å². The molecule has 1 nitrogen and oxygen atoms in total. The average Bonchev–Trinajstić information content (AvgIpc) is 2.83. The number of benzene rings is 1. The summed E-state index contributed by atoms with van der Waals surface area (Å²) >= 11 is 0. The Kier molecular flexibility index (Phi) is 10.5. The van der Waals surface area contributed by atoms with Gasteiger partial charge in [0.25, 0.3) is 0 Å². The standard InChI is InChI=1S/C29H39F2N/c30-28-20-18-27(19-21-28)26-16-14-25(15-17-26)8-5-4-7-24-12-10-23(11-13-24)6-2-1-3-9-29(31)22-32/h1,3,9,18-21,23-26H,2,4-8,10-17H2. The lowest BCUT2D eigenvalue weighted by atomic mass is 9.76. The van der Waals surface area contributed by atoms with E-state index in [-0.39, 0.29) is 5.82 Å². The number of allylic oxidation sites excluding steroid dienone is 4. The third kappa shape index (κ3) is 8.53. The zero-order valence-electron chi connectivity index (χ0n) is 19.5. The maximum atomic E-state index is 13.1. The van der Waals surface area contributed by atoms with Gasteiger partial charge in [0.2, 0.25) is 0 Å². The number of nitrogens with zero attached hydrogens (tertiary/aromatic N) is 1. The molecule has 0 amide bonds. The molecule has 174 valence electrons. The molecule has 0 bridgehead atoms. The summed E-state index contributed by atoms with van der Waals surface area (Å²) < 4.78 is 25.8. The van der Waals surface area contributed by atoms with E-state index in [1.165, 1.54) is 101 Å². The number of nitriles is 1. The summed E-state index contributed by atoms with van der Waals surface area (Å²) in [4.78, 5) is 0. The third-order valence-corrected chi connectivity index (χ3v) is 7.86. The fourth-order valence-electron chi connectivity index (χ4n) is 5.81. The number of hydrogen-bond acceptors (Lipinski definition) is 1. The highest BCUT2D eigenvalue weighted by molar-refractivity contribution is 5.21. The minimum Gasteiger partial charge on any atom is -0.207 e. The van der Waals surface area contributed by atoms with Gasteiger partial charge in [-0.2, -0.15) is 9.65 Å². The van der Waals surface area contributed by atoms with Crippen molar-refractivity contribution < 1.29 is 8.78 Å². The van der Waals surface area contributed by atoms with Crippen molar-refractivity contribution in [2.45, 2.75) is 95.8 Å². The average molecular weight is 440 g/mol. The van der Waals surface area contributed by atoms with Crippen LogP contribution in [0.1, 0.15) is 101 Å². The first kappa shape index (κ1) is 24.7. The summed E-state index contributed by atoms with van der Waals surface area (Å²) in [7, 11) is 0. The van der Waals surface area contributed by atoms with Crippen molar-refractivity contribution >= 4 is 0 Å². The Labute approximate surface area is 193 Å². The van der Waals surface area contributed by atoms with E-state index in [1.54, 1.807) is 18.2 Å². The minimum atomic E-state index is -0.723. The van der Waals surface area contributed by atoms with Crippen LogP contribution >= 0.6 is 0 Å². The SMILES string of the molecule is N#CC(F)=CC=CCCC1CCC(CCCCC2CCC(c3ccc(F)cc3)CC2)CC1. The second kappa shape index (κ2) is 13.6. The number of rotatable bonds is 10. The van der Waals surface area contributed by atoms with Gasteiger partial charge in [-0.25, -0.2) is 4.39 Å². The van der Waals surface area contributed by atoms with E-state index in [1.807, 2.05) is 18.2 Å². The van der Waals surface area contributed by atoms with Crippen LogP contribution < -0.4 is 0 Å². The van der Waals surface area contributed by atoms with Gasteiger partial charge in [0.05, 0.1) is 0 Å². The van der Waals surface area contributed by atoms with Crippen molar-refractivity contribution in [3.8, 4) is 6.07 Å². The Morgan fingerprint density at radius 1 is 0.844 bits per heavy atom. The van der Waals surface area contributed by atoms with Crippen LogP contribution in [0.25, 0.3) is 0 Å². The van der Waals surface area contributed by atoms with E-state index < -0.39 is 5.83 Å². The quantitative estimate of drug-likeness (QED) is 0.202. The molecule has 2 fully saturated rings. The predicted molar refractivity (Wildman–Crippen MR) is 128 cm³/mol. The smallest absolute Gasteiger partial charge is 0.199 e. The fourth-order valence-corrected chi connectivity index (χ4v) is 5.81. The summed E-state index contributed by atoms with van der Waals surface area (Å²) in [6.45, 7) is 0. The van der Waals surface area contributed by atoms with Crippen molar-refractivity contribution in [3.05, 3.63) is 59.7 Å². The van der Waals surface area contributed by atoms with E-state index in [2.05, 4.69) is 0 Å². The van der Waals surface area contributed by atoms with Gasteiger partial charge < -0.3 is 0 Å². The minimum absolute atomic E-state index is 0.133. The first-order valence-corrected chi connectivity index (χ1v) is 12.8. The molecule has 2 aliphatic carbocycles. The maximum Gasteiger partial charge on any atom is 0.199 e. The van der Waals surface area contributed by atoms with Crippen molar-refractivity contribution in [3.63, 3.8) is 0 Å². The monoisotopic (exact) mass is 439 g/mol.